The SMILES string of the molecule is NNc1cccc(Oc2cccc3cccnc23)n1. The molecule has 0 bridgehead atoms. The average Bonchev–Trinajstić information content (AvgIpc) is 2.48. The minimum atomic E-state index is 0.466. The van der Waals surface area contributed by atoms with Gasteiger partial charge in [0.1, 0.15) is 11.3 Å². The number of hydrazine groups is 1. The number of hydrogen-bond donors (Lipinski definition) is 2. The molecule has 94 valence electrons. The number of para-hydroxylation sites is 1. The van der Waals surface area contributed by atoms with E-state index in [0.717, 1.165) is 10.9 Å². The number of aromatic nitrogens is 2. The Morgan fingerprint density at radius 3 is 2.74 bits per heavy atom. The fraction of sp³-hybridized carbons (Fsp3) is 0. The van der Waals surface area contributed by atoms with Gasteiger partial charge in [-0.2, -0.15) is 4.98 Å². The molecule has 0 aliphatic carbocycles. The summed E-state index contributed by atoms with van der Waals surface area (Å²) in [5, 5.41) is 1.02. The number of fused-ring (bicyclic) bond motifs is 1. The van der Waals surface area contributed by atoms with E-state index in [1.165, 1.54) is 0 Å². The number of hydrogen-bond acceptors (Lipinski definition) is 5. The second-order valence-corrected chi connectivity index (χ2v) is 3.94. The molecule has 0 aliphatic rings. The van der Waals surface area contributed by atoms with E-state index < -0.39 is 0 Å². The van der Waals surface area contributed by atoms with Crippen LogP contribution in [0.3, 0.4) is 0 Å². The Hall–Kier alpha value is -2.66. The molecule has 5 nitrogen and oxygen atoms in total. The highest BCUT2D eigenvalue weighted by atomic mass is 16.5. The first-order valence-electron chi connectivity index (χ1n) is 5.82. The number of ether oxygens (including phenoxy) is 1. The highest BCUT2D eigenvalue weighted by Crippen LogP contribution is 2.27. The molecule has 0 amide bonds. The summed E-state index contributed by atoms with van der Waals surface area (Å²) in [5.41, 5.74) is 3.29. The summed E-state index contributed by atoms with van der Waals surface area (Å²) in [6.07, 6.45) is 1.74. The monoisotopic (exact) mass is 252 g/mol. The molecular weight excluding hydrogens is 240 g/mol. The Labute approximate surface area is 110 Å². The summed E-state index contributed by atoms with van der Waals surface area (Å²) in [7, 11) is 0. The van der Waals surface area contributed by atoms with E-state index in [1.807, 2.05) is 36.4 Å². The number of benzene rings is 1. The van der Waals surface area contributed by atoms with E-state index in [1.54, 1.807) is 18.3 Å². The quantitative estimate of drug-likeness (QED) is 0.554. The number of rotatable bonds is 3. The molecule has 0 spiro atoms. The lowest BCUT2D eigenvalue weighted by molar-refractivity contribution is 0.468. The summed E-state index contributed by atoms with van der Waals surface area (Å²) in [4.78, 5) is 8.53. The normalized spacial score (nSPS) is 10.4. The standard InChI is InChI=1S/C14H12N4O/c15-18-12-7-2-8-13(17-12)19-11-6-1-4-10-5-3-9-16-14(10)11/h1-9H,15H2,(H,17,18). The Morgan fingerprint density at radius 2 is 1.84 bits per heavy atom. The third kappa shape index (κ3) is 2.31. The van der Waals surface area contributed by atoms with Gasteiger partial charge in [-0.1, -0.05) is 24.3 Å². The first kappa shape index (κ1) is 11.4. The van der Waals surface area contributed by atoms with Gasteiger partial charge in [0.25, 0.3) is 0 Å². The highest BCUT2D eigenvalue weighted by molar-refractivity contribution is 5.84. The van der Waals surface area contributed by atoms with Crippen molar-refractivity contribution in [1.29, 1.82) is 0 Å². The largest absolute Gasteiger partial charge is 0.437 e. The van der Waals surface area contributed by atoms with Gasteiger partial charge >= 0.3 is 0 Å². The van der Waals surface area contributed by atoms with Crippen molar-refractivity contribution in [2.45, 2.75) is 0 Å². The Morgan fingerprint density at radius 1 is 1.00 bits per heavy atom. The van der Waals surface area contributed by atoms with Gasteiger partial charge < -0.3 is 10.2 Å². The molecule has 0 aliphatic heterocycles. The topological polar surface area (TPSA) is 73.1 Å². The van der Waals surface area contributed by atoms with Gasteiger partial charge in [-0.3, -0.25) is 4.98 Å². The molecule has 0 fully saturated rings. The van der Waals surface area contributed by atoms with Crippen LogP contribution in [0.5, 0.6) is 11.6 Å². The maximum Gasteiger partial charge on any atom is 0.221 e. The van der Waals surface area contributed by atoms with Crippen LogP contribution in [0.15, 0.2) is 54.7 Å². The molecule has 5 heteroatoms. The zero-order chi connectivity index (χ0) is 13.1. The van der Waals surface area contributed by atoms with Crippen molar-refractivity contribution in [3.05, 3.63) is 54.7 Å². The summed E-state index contributed by atoms with van der Waals surface area (Å²) in [5.74, 6) is 7.00. The average molecular weight is 252 g/mol. The van der Waals surface area contributed by atoms with Crippen LogP contribution in [-0.4, -0.2) is 9.97 Å². The van der Waals surface area contributed by atoms with Gasteiger partial charge in [-0.15, -0.1) is 0 Å². The van der Waals surface area contributed by atoms with Gasteiger partial charge in [0, 0.05) is 17.6 Å². The zero-order valence-electron chi connectivity index (χ0n) is 10.1. The van der Waals surface area contributed by atoms with Gasteiger partial charge in [0.05, 0.1) is 0 Å². The Balaban J connectivity index is 2.01. The summed E-state index contributed by atoms with van der Waals surface area (Å²) in [6.45, 7) is 0. The molecular formula is C14H12N4O. The number of nitrogens with zero attached hydrogens (tertiary/aromatic N) is 2. The molecule has 3 N–H and O–H groups in total. The molecule has 0 saturated heterocycles. The minimum Gasteiger partial charge on any atom is -0.437 e. The lowest BCUT2D eigenvalue weighted by Crippen LogP contribution is -2.08. The van der Waals surface area contributed by atoms with Crippen molar-refractivity contribution in [1.82, 2.24) is 9.97 Å². The first-order valence-corrected chi connectivity index (χ1v) is 5.82. The predicted octanol–water partition coefficient (Wildman–Crippen LogP) is 2.71. The van der Waals surface area contributed by atoms with Crippen LogP contribution in [-0.2, 0) is 0 Å². The number of nitrogens with two attached hydrogens (primary N) is 1. The van der Waals surface area contributed by atoms with E-state index in [9.17, 15) is 0 Å². The fourth-order valence-corrected chi connectivity index (χ4v) is 1.82. The summed E-state index contributed by atoms with van der Waals surface area (Å²) in [6, 6.07) is 15.0. The van der Waals surface area contributed by atoms with Gasteiger partial charge in [-0.25, -0.2) is 5.84 Å². The summed E-state index contributed by atoms with van der Waals surface area (Å²) >= 11 is 0. The van der Waals surface area contributed by atoms with Crippen molar-refractivity contribution in [2.75, 3.05) is 5.43 Å². The molecule has 2 heterocycles. The molecule has 3 rings (SSSR count). The van der Waals surface area contributed by atoms with Crippen LogP contribution in [0.4, 0.5) is 5.82 Å². The van der Waals surface area contributed by atoms with Gasteiger partial charge in [0.2, 0.25) is 5.88 Å². The van der Waals surface area contributed by atoms with E-state index >= 15 is 0 Å². The van der Waals surface area contributed by atoms with Crippen LogP contribution >= 0.6 is 0 Å². The summed E-state index contributed by atoms with van der Waals surface area (Å²) < 4.78 is 5.76. The van der Waals surface area contributed by atoms with E-state index in [-0.39, 0.29) is 0 Å². The fourth-order valence-electron chi connectivity index (χ4n) is 1.82. The van der Waals surface area contributed by atoms with Crippen molar-refractivity contribution in [3.8, 4) is 11.6 Å². The zero-order valence-corrected chi connectivity index (χ0v) is 10.1. The lowest BCUT2D eigenvalue weighted by atomic mass is 10.2. The molecule has 0 atom stereocenters. The number of anilines is 1. The highest BCUT2D eigenvalue weighted by Gasteiger charge is 2.05. The number of pyridine rings is 2. The van der Waals surface area contributed by atoms with Crippen LogP contribution in [0, 0.1) is 0 Å². The predicted molar refractivity (Wildman–Crippen MR) is 73.9 cm³/mol. The van der Waals surface area contributed by atoms with Crippen LogP contribution in [0.2, 0.25) is 0 Å². The third-order valence-electron chi connectivity index (χ3n) is 2.68. The van der Waals surface area contributed by atoms with E-state index in [0.29, 0.717) is 17.4 Å². The lowest BCUT2D eigenvalue weighted by Gasteiger charge is -2.08. The Bertz CT molecular complexity index is 709. The molecule has 0 radical (unpaired) electrons. The van der Waals surface area contributed by atoms with Gasteiger partial charge in [0.15, 0.2) is 5.75 Å². The second-order valence-electron chi connectivity index (χ2n) is 3.94. The number of nitrogens with one attached hydrogen (secondary N) is 1. The van der Waals surface area contributed by atoms with Crippen molar-refractivity contribution in [3.63, 3.8) is 0 Å². The molecule has 3 aromatic rings. The minimum absolute atomic E-state index is 0.466. The first-order chi connectivity index (χ1) is 9.36. The molecule has 1 aromatic carbocycles. The third-order valence-corrected chi connectivity index (χ3v) is 2.68. The maximum absolute atomic E-state index is 5.76. The maximum atomic E-state index is 5.76. The van der Waals surface area contributed by atoms with E-state index in [4.69, 9.17) is 10.6 Å². The van der Waals surface area contributed by atoms with Crippen molar-refractivity contribution < 1.29 is 4.74 Å². The van der Waals surface area contributed by atoms with Crippen LogP contribution in [0.25, 0.3) is 10.9 Å². The van der Waals surface area contributed by atoms with Crippen molar-refractivity contribution >= 4 is 16.7 Å². The van der Waals surface area contributed by atoms with Gasteiger partial charge in [-0.05, 0) is 18.2 Å². The van der Waals surface area contributed by atoms with E-state index in [2.05, 4.69) is 15.4 Å². The Kier molecular flexibility index (Phi) is 2.96. The van der Waals surface area contributed by atoms with Crippen LogP contribution < -0.4 is 16.0 Å². The molecule has 19 heavy (non-hydrogen) atoms. The van der Waals surface area contributed by atoms with Crippen molar-refractivity contribution in [2.24, 2.45) is 5.84 Å². The molecule has 2 aromatic heterocycles. The molecule has 0 saturated carbocycles. The van der Waals surface area contributed by atoms with Crippen LogP contribution in [0.1, 0.15) is 0 Å². The smallest absolute Gasteiger partial charge is 0.221 e. The molecule has 0 unspecified atom stereocenters. The number of nitrogen functional groups attached to an aromatic ring is 1. The second kappa shape index (κ2) is 4.91.